The second kappa shape index (κ2) is 5.36. The van der Waals surface area contributed by atoms with Crippen LogP contribution in [0, 0.1) is 13.8 Å². The summed E-state index contributed by atoms with van der Waals surface area (Å²) < 4.78 is 0.964. The Balaban J connectivity index is 2.24. The van der Waals surface area contributed by atoms with E-state index in [9.17, 15) is 4.79 Å². The summed E-state index contributed by atoms with van der Waals surface area (Å²) >= 11 is 3.35. The number of hydrogen-bond donors (Lipinski definition) is 1. The number of halogens is 1. The van der Waals surface area contributed by atoms with Gasteiger partial charge < -0.3 is 5.32 Å². The Bertz CT molecular complexity index is 555. The molecule has 18 heavy (non-hydrogen) atoms. The maximum absolute atomic E-state index is 12.1. The number of amides is 1. The minimum atomic E-state index is -0.0834. The molecule has 1 N–H and O–H groups in total. The van der Waals surface area contributed by atoms with Gasteiger partial charge in [0.1, 0.15) is 0 Å². The molecule has 0 spiro atoms. The molecule has 0 radical (unpaired) electrons. The summed E-state index contributed by atoms with van der Waals surface area (Å²) in [5.74, 6) is -0.0834. The molecule has 0 heterocycles. The molecule has 2 aromatic rings. The van der Waals surface area contributed by atoms with Crippen LogP contribution in [0.2, 0.25) is 0 Å². The second-order valence-corrected chi connectivity index (χ2v) is 5.14. The SMILES string of the molecule is Cc1cccc(C)c1NC(=O)c1ccc(Br)cc1. The van der Waals surface area contributed by atoms with Crippen LogP contribution in [0.15, 0.2) is 46.9 Å². The highest BCUT2D eigenvalue weighted by Crippen LogP contribution is 2.20. The van der Waals surface area contributed by atoms with E-state index in [0.29, 0.717) is 5.56 Å². The minimum absolute atomic E-state index is 0.0834. The van der Waals surface area contributed by atoms with Crippen LogP contribution in [0.25, 0.3) is 0 Å². The summed E-state index contributed by atoms with van der Waals surface area (Å²) in [6.45, 7) is 3.98. The highest BCUT2D eigenvalue weighted by atomic mass is 79.9. The Hall–Kier alpha value is -1.61. The molecule has 0 fully saturated rings. The summed E-state index contributed by atoms with van der Waals surface area (Å²) in [6, 6.07) is 13.3. The molecule has 0 aliphatic rings. The van der Waals surface area contributed by atoms with Gasteiger partial charge in [-0.3, -0.25) is 4.79 Å². The fraction of sp³-hybridized carbons (Fsp3) is 0.133. The molecule has 0 aliphatic carbocycles. The predicted octanol–water partition coefficient (Wildman–Crippen LogP) is 4.32. The molecule has 92 valence electrons. The van der Waals surface area contributed by atoms with Crippen molar-refractivity contribution in [1.82, 2.24) is 0 Å². The third-order valence-electron chi connectivity index (χ3n) is 2.83. The highest BCUT2D eigenvalue weighted by Gasteiger charge is 2.09. The van der Waals surface area contributed by atoms with Crippen LogP contribution >= 0.6 is 15.9 Å². The summed E-state index contributed by atoms with van der Waals surface area (Å²) in [5.41, 5.74) is 3.69. The molecule has 1 amide bonds. The van der Waals surface area contributed by atoms with Crippen molar-refractivity contribution in [1.29, 1.82) is 0 Å². The van der Waals surface area contributed by atoms with Crippen molar-refractivity contribution < 1.29 is 4.79 Å². The first-order valence-electron chi connectivity index (χ1n) is 5.71. The standard InChI is InChI=1S/C15H14BrNO/c1-10-4-3-5-11(2)14(10)17-15(18)12-6-8-13(16)9-7-12/h3-9H,1-2H3,(H,17,18). The smallest absolute Gasteiger partial charge is 0.255 e. The first-order chi connectivity index (χ1) is 8.58. The van der Waals surface area contributed by atoms with Crippen LogP contribution in [0.3, 0.4) is 0 Å². The van der Waals surface area contributed by atoms with E-state index in [0.717, 1.165) is 21.3 Å². The van der Waals surface area contributed by atoms with Gasteiger partial charge in [0.05, 0.1) is 0 Å². The fourth-order valence-electron chi connectivity index (χ4n) is 1.80. The molecule has 0 saturated carbocycles. The van der Waals surface area contributed by atoms with Crippen molar-refractivity contribution in [2.24, 2.45) is 0 Å². The Morgan fingerprint density at radius 1 is 1.00 bits per heavy atom. The molecule has 3 heteroatoms. The van der Waals surface area contributed by atoms with E-state index in [2.05, 4.69) is 21.2 Å². The van der Waals surface area contributed by atoms with E-state index in [4.69, 9.17) is 0 Å². The lowest BCUT2D eigenvalue weighted by Gasteiger charge is -2.11. The molecule has 0 aromatic heterocycles. The topological polar surface area (TPSA) is 29.1 Å². The third kappa shape index (κ3) is 2.79. The van der Waals surface area contributed by atoms with Crippen LogP contribution in [-0.2, 0) is 0 Å². The maximum atomic E-state index is 12.1. The van der Waals surface area contributed by atoms with Gasteiger partial charge in [0.15, 0.2) is 0 Å². The van der Waals surface area contributed by atoms with Gasteiger partial charge >= 0.3 is 0 Å². The van der Waals surface area contributed by atoms with Crippen LogP contribution < -0.4 is 5.32 Å². The molecule has 2 aromatic carbocycles. The van der Waals surface area contributed by atoms with Crippen molar-refractivity contribution in [2.45, 2.75) is 13.8 Å². The zero-order valence-corrected chi connectivity index (χ0v) is 11.9. The van der Waals surface area contributed by atoms with Gasteiger partial charge in [0.25, 0.3) is 5.91 Å². The molecule has 2 nitrogen and oxygen atoms in total. The summed E-state index contributed by atoms with van der Waals surface area (Å²) in [4.78, 5) is 12.1. The van der Waals surface area contributed by atoms with E-state index in [1.807, 2.05) is 44.2 Å². The third-order valence-corrected chi connectivity index (χ3v) is 3.35. The lowest BCUT2D eigenvalue weighted by molar-refractivity contribution is 0.102. The molecule has 2 rings (SSSR count). The number of aryl methyl sites for hydroxylation is 2. The number of benzene rings is 2. The van der Waals surface area contributed by atoms with E-state index in [-0.39, 0.29) is 5.91 Å². The van der Waals surface area contributed by atoms with Crippen molar-refractivity contribution in [3.05, 3.63) is 63.6 Å². The largest absolute Gasteiger partial charge is 0.322 e. The van der Waals surface area contributed by atoms with Crippen LogP contribution in [0.4, 0.5) is 5.69 Å². The number of anilines is 1. The average Bonchev–Trinajstić information content (AvgIpc) is 2.34. The quantitative estimate of drug-likeness (QED) is 0.879. The van der Waals surface area contributed by atoms with Gasteiger partial charge in [-0.25, -0.2) is 0 Å². The fourth-order valence-corrected chi connectivity index (χ4v) is 2.06. The van der Waals surface area contributed by atoms with Crippen molar-refractivity contribution >= 4 is 27.5 Å². The van der Waals surface area contributed by atoms with Gasteiger partial charge in [0, 0.05) is 15.7 Å². The second-order valence-electron chi connectivity index (χ2n) is 4.23. The normalized spacial score (nSPS) is 10.2. The number of carbonyl (C=O) groups excluding carboxylic acids is 1. The van der Waals surface area contributed by atoms with Gasteiger partial charge in [-0.2, -0.15) is 0 Å². The van der Waals surface area contributed by atoms with Gasteiger partial charge in [0.2, 0.25) is 0 Å². The minimum Gasteiger partial charge on any atom is -0.322 e. The van der Waals surface area contributed by atoms with Gasteiger partial charge in [-0.15, -0.1) is 0 Å². The van der Waals surface area contributed by atoms with Crippen molar-refractivity contribution in [3.8, 4) is 0 Å². The Labute approximate surface area is 115 Å². The molecule has 0 unspecified atom stereocenters. The first-order valence-corrected chi connectivity index (χ1v) is 6.50. The summed E-state index contributed by atoms with van der Waals surface area (Å²) in [7, 11) is 0. The summed E-state index contributed by atoms with van der Waals surface area (Å²) in [5, 5.41) is 2.96. The lowest BCUT2D eigenvalue weighted by Crippen LogP contribution is -2.13. The lowest BCUT2D eigenvalue weighted by atomic mass is 10.1. The Kier molecular flexibility index (Phi) is 3.82. The maximum Gasteiger partial charge on any atom is 0.255 e. The number of carbonyl (C=O) groups is 1. The summed E-state index contributed by atoms with van der Waals surface area (Å²) in [6.07, 6.45) is 0. The van der Waals surface area contributed by atoms with Crippen LogP contribution in [-0.4, -0.2) is 5.91 Å². The van der Waals surface area contributed by atoms with Crippen molar-refractivity contribution in [2.75, 3.05) is 5.32 Å². The Morgan fingerprint density at radius 3 is 2.11 bits per heavy atom. The van der Waals surface area contributed by atoms with Crippen molar-refractivity contribution in [3.63, 3.8) is 0 Å². The number of nitrogens with one attached hydrogen (secondary N) is 1. The van der Waals surface area contributed by atoms with E-state index in [1.54, 1.807) is 12.1 Å². The molecule has 0 atom stereocenters. The molecular weight excluding hydrogens is 290 g/mol. The van der Waals surface area contributed by atoms with E-state index in [1.165, 1.54) is 0 Å². The zero-order chi connectivity index (χ0) is 13.1. The zero-order valence-electron chi connectivity index (χ0n) is 10.3. The average molecular weight is 304 g/mol. The number of hydrogen-bond acceptors (Lipinski definition) is 1. The molecule has 0 bridgehead atoms. The molecule has 0 aliphatic heterocycles. The number of rotatable bonds is 2. The van der Waals surface area contributed by atoms with Crippen LogP contribution in [0.1, 0.15) is 21.5 Å². The van der Waals surface area contributed by atoms with Crippen LogP contribution in [0.5, 0.6) is 0 Å². The first kappa shape index (κ1) is 12.8. The van der Waals surface area contributed by atoms with E-state index < -0.39 is 0 Å². The monoisotopic (exact) mass is 303 g/mol. The Morgan fingerprint density at radius 2 is 1.56 bits per heavy atom. The predicted molar refractivity (Wildman–Crippen MR) is 78.0 cm³/mol. The van der Waals surface area contributed by atoms with Gasteiger partial charge in [-0.1, -0.05) is 34.1 Å². The number of para-hydroxylation sites is 1. The highest BCUT2D eigenvalue weighted by molar-refractivity contribution is 9.10. The van der Waals surface area contributed by atoms with E-state index >= 15 is 0 Å². The molecular formula is C15H14BrNO. The van der Waals surface area contributed by atoms with Gasteiger partial charge in [-0.05, 0) is 49.2 Å². The molecule has 0 saturated heterocycles.